The first-order valence-electron chi connectivity index (χ1n) is 7.43. The highest BCUT2D eigenvalue weighted by molar-refractivity contribution is 5.84. The maximum atomic E-state index is 13.2. The molecule has 126 valence electrons. The molecule has 2 rings (SSSR count). The fourth-order valence-corrected chi connectivity index (χ4v) is 2.17. The van der Waals surface area contributed by atoms with Crippen LogP contribution in [0.2, 0.25) is 0 Å². The van der Waals surface area contributed by atoms with Crippen molar-refractivity contribution in [1.82, 2.24) is 5.32 Å². The molecular formula is C18H18FNO4. The number of ether oxygens (including phenoxy) is 1. The molecule has 2 aromatic carbocycles. The predicted octanol–water partition coefficient (Wildman–Crippen LogP) is 2.15. The van der Waals surface area contributed by atoms with Gasteiger partial charge < -0.3 is 15.2 Å². The third kappa shape index (κ3) is 5.81. The van der Waals surface area contributed by atoms with Crippen molar-refractivity contribution >= 4 is 11.9 Å². The maximum absolute atomic E-state index is 13.2. The number of carboxylic acid groups (broad SMARTS) is 1. The highest BCUT2D eigenvalue weighted by atomic mass is 19.1. The van der Waals surface area contributed by atoms with Gasteiger partial charge in [-0.3, -0.25) is 4.79 Å². The van der Waals surface area contributed by atoms with Crippen LogP contribution in [0.25, 0.3) is 0 Å². The fourth-order valence-electron chi connectivity index (χ4n) is 2.17. The first kappa shape index (κ1) is 17.6. The SMILES string of the molecule is O=C(COCc1ccccc1)N[C@H](Cc1cccc(F)c1)C(=O)O. The van der Waals surface area contributed by atoms with E-state index in [2.05, 4.69) is 5.32 Å². The van der Waals surface area contributed by atoms with Crippen LogP contribution < -0.4 is 5.32 Å². The maximum Gasteiger partial charge on any atom is 0.326 e. The Hall–Kier alpha value is -2.73. The largest absolute Gasteiger partial charge is 0.480 e. The molecule has 0 radical (unpaired) electrons. The lowest BCUT2D eigenvalue weighted by molar-refractivity contribution is -0.142. The molecule has 2 N–H and O–H groups in total. The summed E-state index contributed by atoms with van der Waals surface area (Å²) in [5, 5.41) is 11.6. The summed E-state index contributed by atoms with van der Waals surface area (Å²) >= 11 is 0. The van der Waals surface area contributed by atoms with E-state index in [0.717, 1.165) is 5.56 Å². The average Bonchev–Trinajstić information content (AvgIpc) is 2.55. The first-order valence-corrected chi connectivity index (χ1v) is 7.43. The van der Waals surface area contributed by atoms with E-state index in [-0.39, 0.29) is 19.6 Å². The standard InChI is InChI=1S/C18H18FNO4/c19-15-8-4-7-14(9-15)10-16(18(22)23)20-17(21)12-24-11-13-5-2-1-3-6-13/h1-9,16H,10-12H2,(H,20,21)(H,22,23)/t16-/m1/s1. The van der Waals surface area contributed by atoms with Gasteiger partial charge in [-0.25, -0.2) is 9.18 Å². The number of hydrogen-bond acceptors (Lipinski definition) is 3. The third-order valence-electron chi connectivity index (χ3n) is 3.31. The van der Waals surface area contributed by atoms with Crippen molar-refractivity contribution in [2.24, 2.45) is 0 Å². The molecule has 0 aliphatic carbocycles. The van der Waals surface area contributed by atoms with E-state index in [1.165, 1.54) is 18.2 Å². The van der Waals surface area contributed by atoms with E-state index in [0.29, 0.717) is 5.56 Å². The molecular weight excluding hydrogens is 313 g/mol. The highest BCUT2D eigenvalue weighted by Gasteiger charge is 2.20. The minimum atomic E-state index is -1.18. The number of carbonyl (C=O) groups excluding carboxylic acids is 1. The highest BCUT2D eigenvalue weighted by Crippen LogP contribution is 2.07. The lowest BCUT2D eigenvalue weighted by atomic mass is 10.1. The number of carboxylic acids is 1. The van der Waals surface area contributed by atoms with Crippen molar-refractivity contribution in [3.05, 3.63) is 71.5 Å². The number of nitrogens with one attached hydrogen (secondary N) is 1. The number of rotatable bonds is 8. The predicted molar refractivity (Wildman–Crippen MR) is 85.8 cm³/mol. The lowest BCUT2D eigenvalue weighted by Crippen LogP contribution is -2.43. The van der Waals surface area contributed by atoms with E-state index in [1.807, 2.05) is 30.3 Å². The number of aliphatic carboxylic acids is 1. The Morgan fingerprint density at radius 1 is 1.08 bits per heavy atom. The molecule has 1 atom stereocenters. The van der Waals surface area contributed by atoms with Gasteiger partial charge in [0.25, 0.3) is 0 Å². The Balaban J connectivity index is 1.83. The Labute approximate surface area is 139 Å². The normalized spacial score (nSPS) is 11.7. The van der Waals surface area contributed by atoms with Crippen LogP contribution in [0.1, 0.15) is 11.1 Å². The molecule has 2 aromatic rings. The second-order valence-corrected chi connectivity index (χ2v) is 5.27. The second-order valence-electron chi connectivity index (χ2n) is 5.27. The molecule has 0 saturated carbocycles. The van der Waals surface area contributed by atoms with E-state index < -0.39 is 23.7 Å². The average molecular weight is 331 g/mol. The quantitative estimate of drug-likeness (QED) is 0.777. The zero-order valence-corrected chi connectivity index (χ0v) is 12.9. The first-order chi connectivity index (χ1) is 11.5. The van der Waals surface area contributed by atoms with Crippen molar-refractivity contribution in [3.63, 3.8) is 0 Å². The molecule has 0 unspecified atom stereocenters. The number of halogens is 1. The summed E-state index contributed by atoms with van der Waals surface area (Å²) in [6, 6.07) is 13.8. The third-order valence-corrected chi connectivity index (χ3v) is 3.31. The van der Waals surface area contributed by atoms with Crippen LogP contribution in [0.4, 0.5) is 4.39 Å². The molecule has 0 spiro atoms. The van der Waals surface area contributed by atoms with Gasteiger partial charge in [-0.05, 0) is 23.3 Å². The van der Waals surface area contributed by atoms with Gasteiger partial charge in [0.15, 0.2) is 0 Å². The number of amides is 1. The number of carbonyl (C=O) groups is 2. The van der Waals surface area contributed by atoms with Crippen LogP contribution in [-0.2, 0) is 27.4 Å². The van der Waals surface area contributed by atoms with E-state index in [4.69, 9.17) is 4.74 Å². The van der Waals surface area contributed by atoms with Gasteiger partial charge in [-0.15, -0.1) is 0 Å². The van der Waals surface area contributed by atoms with Crippen molar-refractivity contribution < 1.29 is 23.8 Å². The summed E-state index contributed by atoms with van der Waals surface area (Å²) in [6.45, 7) is 0.0116. The molecule has 24 heavy (non-hydrogen) atoms. The van der Waals surface area contributed by atoms with Crippen LogP contribution in [-0.4, -0.2) is 29.6 Å². The van der Waals surface area contributed by atoms with E-state index in [9.17, 15) is 19.1 Å². The summed E-state index contributed by atoms with van der Waals surface area (Å²) < 4.78 is 18.4. The molecule has 0 aliphatic rings. The minimum absolute atomic E-state index is 0.00246. The molecule has 0 bridgehead atoms. The topological polar surface area (TPSA) is 75.6 Å². The zero-order chi connectivity index (χ0) is 17.4. The smallest absolute Gasteiger partial charge is 0.326 e. The Morgan fingerprint density at radius 2 is 1.79 bits per heavy atom. The molecule has 0 aliphatic heterocycles. The van der Waals surface area contributed by atoms with Gasteiger partial charge in [0.05, 0.1) is 6.61 Å². The molecule has 6 heteroatoms. The summed E-state index contributed by atoms with van der Waals surface area (Å²) in [4.78, 5) is 23.1. The van der Waals surface area contributed by atoms with Crippen molar-refractivity contribution in [3.8, 4) is 0 Å². The molecule has 1 amide bonds. The summed E-state index contributed by atoms with van der Waals surface area (Å²) in [5.41, 5.74) is 1.41. The Morgan fingerprint density at radius 3 is 2.46 bits per heavy atom. The molecule has 0 heterocycles. The monoisotopic (exact) mass is 331 g/mol. The van der Waals surface area contributed by atoms with Gasteiger partial charge in [0, 0.05) is 6.42 Å². The molecule has 5 nitrogen and oxygen atoms in total. The van der Waals surface area contributed by atoms with Crippen LogP contribution in [0.3, 0.4) is 0 Å². The molecule has 0 fully saturated rings. The molecule has 0 aromatic heterocycles. The van der Waals surface area contributed by atoms with Crippen molar-refractivity contribution in [1.29, 1.82) is 0 Å². The van der Waals surface area contributed by atoms with Gasteiger partial charge in [0.2, 0.25) is 5.91 Å². The van der Waals surface area contributed by atoms with Crippen molar-refractivity contribution in [2.75, 3.05) is 6.61 Å². The Bertz CT molecular complexity index is 690. The van der Waals surface area contributed by atoms with Gasteiger partial charge in [-0.2, -0.15) is 0 Å². The van der Waals surface area contributed by atoms with E-state index in [1.54, 1.807) is 6.07 Å². The van der Waals surface area contributed by atoms with Crippen LogP contribution in [0, 0.1) is 5.82 Å². The van der Waals surface area contributed by atoms with Gasteiger partial charge in [-0.1, -0.05) is 42.5 Å². The zero-order valence-electron chi connectivity index (χ0n) is 12.9. The van der Waals surface area contributed by atoms with Crippen LogP contribution >= 0.6 is 0 Å². The van der Waals surface area contributed by atoms with Crippen LogP contribution in [0.15, 0.2) is 54.6 Å². The second kappa shape index (κ2) is 8.79. The van der Waals surface area contributed by atoms with Crippen molar-refractivity contribution in [2.45, 2.75) is 19.1 Å². The van der Waals surface area contributed by atoms with E-state index >= 15 is 0 Å². The van der Waals surface area contributed by atoms with Gasteiger partial charge in [0.1, 0.15) is 18.5 Å². The fraction of sp³-hybridized carbons (Fsp3) is 0.222. The summed E-state index contributed by atoms with van der Waals surface area (Å²) in [6.07, 6.45) is -0.00246. The number of hydrogen-bond donors (Lipinski definition) is 2. The minimum Gasteiger partial charge on any atom is -0.480 e. The summed E-state index contributed by atoms with van der Waals surface area (Å²) in [5.74, 6) is -2.17. The lowest BCUT2D eigenvalue weighted by Gasteiger charge is -2.15. The summed E-state index contributed by atoms with van der Waals surface area (Å²) in [7, 11) is 0. The van der Waals surface area contributed by atoms with Crippen LogP contribution in [0.5, 0.6) is 0 Å². The van der Waals surface area contributed by atoms with Gasteiger partial charge >= 0.3 is 5.97 Å². The molecule has 0 saturated heterocycles. The number of benzene rings is 2. The Kier molecular flexibility index (Phi) is 6.45.